The second-order valence-corrected chi connectivity index (χ2v) is 9.37. The van der Waals surface area contributed by atoms with Crippen molar-refractivity contribution in [2.24, 2.45) is 5.10 Å². The number of sulfonamides is 1. The molecule has 0 atom stereocenters. The number of hydrazone groups is 1. The Morgan fingerprint density at radius 2 is 1.81 bits per heavy atom. The van der Waals surface area contributed by atoms with E-state index >= 15 is 0 Å². The molecular weight excluding hydrogens is 488 g/mol. The van der Waals surface area contributed by atoms with E-state index in [1.54, 1.807) is 24.3 Å². The molecule has 3 aromatic carbocycles. The van der Waals surface area contributed by atoms with Gasteiger partial charge >= 0.3 is 0 Å². The molecule has 0 heterocycles. The molecule has 0 aliphatic heterocycles. The number of anilines is 1. The van der Waals surface area contributed by atoms with E-state index in [1.165, 1.54) is 62.9 Å². The molecule has 1 N–H and O–H groups in total. The first-order valence-corrected chi connectivity index (χ1v) is 12.0. The lowest BCUT2D eigenvalue weighted by Gasteiger charge is -2.25. The monoisotopic (exact) mass is 512 g/mol. The molecule has 12 heteroatoms. The van der Waals surface area contributed by atoms with Crippen molar-refractivity contribution in [3.63, 3.8) is 0 Å². The maximum atomic E-state index is 13.6. The Bertz CT molecular complexity index is 1390. The van der Waals surface area contributed by atoms with Crippen LogP contribution in [0.5, 0.6) is 11.5 Å². The van der Waals surface area contributed by atoms with Crippen LogP contribution < -0.4 is 19.2 Å². The van der Waals surface area contributed by atoms with E-state index in [1.807, 2.05) is 6.92 Å². The maximum absolute atomic E-state index is 13.6. The second-order valence-electron chi connectivity index (χ2n) is 7.51. The summed E-state index contributed by atoms with van der Waals surface area (Å²) in [5, 5.41) is 14.7. The zero-order valence-electron chi connectivity index (χ0n) is 19.7. The highest BCUT2D eigenvalue weighted by Gasteiger charge is 2.29. The lowest BCUT2D eigenvalue weighted by atomic mass is 10.2. The zero-order valence-corrected chi connectivity index (χ0v) is 20.6. The van der Waals surface area contributed by atoms with Gasteiger partial charge in [-0.05, 0) is 31.2 Å². The smallest absolute Gasteiger partial charge is 0.270 e. The molecule has 0 fully saturated rings. The Morgan fingerprint density at radius 3 is 2.44 bits per heavy atom. The number of nitro groups is 1. The Labute approximate surface area is 208 Å². The molecular formula is C24H24N4O7S. The molecule has 3 aromatic rings. The highest BCUT2D eigenvalue weighted by atomic mass is 32.2. The lowest BCUT2D eigenvalue weighted by molar-refractivity contribution is -0.384. The number of nitrogens with zero attached hydrogens (tertiary/aromatic N) is 3. The maximum Gasteiger partial charge on any atom is 0.270 e. The fourth-order valence-corrected chi connectivity index (χ4v) is 4.62. The minimum Gasteiger partial charge on any atom is -0.497 e. The number of ether oxygens (including phenoxy) is 2. The minimum absolute atomic E-state index is 0.0149. The fourth-order valence-electron chi connectivity index (χ4n) is 3.19. The van der Waals surface area contributed by atoms with Gasteiger partial charge in [0.2, 0.25) is 0 Å². The molecule has 1 amide bonds. The van der Waals surface area contributed by atoms with Gasteiger partial charge in [0.05, 0.1) is 35.9 Å². The first-order chi connectivity index (χ1) is 17.1. The van der Waals surface area contributed by atoms with E-state index in [0.29, 0.717) is 11.3 Å². The summed E-state index contributed by atoms with van der Waals surface area (Å²) in [6, 6.07) is 16.4. The van der Waals surface area contributed by atoms with Crippen LogP contribution in [0, 0.1) is 17.0 Å². The summed E-state index contributed by atoms with van der Waals surface area (Å²) in [5.41, 5.74) is 3.50. The molecule has 0 saturated carbocycles. The van der Waals surface area contributed by atoms with Gasteiger partial charge in [-0.15, -0.1) is 0 Å². The van der Waals surface area contributed by atoms with Gasteiger partial charge in [-0.1, -0.05) is 29.8 Å². The van der Waals surface area contributed by atoms with Crippen LogP contribution in [0.25, 0.3) is 0 Å². The highest BCUT2D eigenvalue weighted by molar-refractivity contribution is 7.92. The Morgan fingerprint density at radius 1 is 1.08 bits per heavy atom. The number of hydrogen-bond donors (Lipinski definition) is 1. The number of hydrogen-bond acceptors (Lipinski definition) is 8. The third kappa shape index (κ3) is 6.16. The average Bonchev–Trinajstić information content (AvgIpc) is 2.87. The highest BCUT2D eigenvalue weighted by Crippen LogP contribution is 2.35. The number of carbonyl (C=O) groups is 1. The predicted molar refractivity (Wildman–Crippen MR) is 134 cm³/mol. The Balaban J connectivity index is 1.91. The molecule has 0 spiro atoms. The molecule has 3 rings (SSSR count). The van der Waals surface area contributed by atoms with E-state index in [-0.39, 0.29) is 22.0 Å². The molecule has 188 valence electrons. The Kier molecular flexibility index (Phi) is 8.22. The van der Waals surface area contributed by atoms with Crippen LogP contribution in [0.3, 0.4) is 0 Å². The summed E-state index contributed by atoms with van der Waals surface area (Å²) < 4.78 is 38.6. The number of benzene rings is 3. The second kappa shape index (κ2) is 11.3. The average molecular weight is 513 g/mol. The van der Waals surface area contributed by atoms with Crippen molar-refractivity contribution in [2.75, 3.05) is 25.1 Å². The minimum atomic E-state index is -4.19. The van der Waals surface area contributed by atoms with Gasteiger partial charge in [-0.2, -0.15) is 5.10 Å². The number of methoxy groups -OCH3 is 2. The van der Waals surface area contributed by atoms with Crippen molar-refractivity contribution in [2.45, 2.75) is 11.8 Å². The van der Waals surface area contributed by atoms with Crippen LogP contribution in [-0.2, 0) is 14.8 Å². The number of non-ortho nitro benzene ring substituents is 1. The number of aryl methyl sites for hydroxylation is 1. The van der Waals surface area contributed by atoms with Gasteiger partial charge < -0.3 is 9.47 Å². The molecule has 0 saturated heterocycles. The summed E-state index contributed by atoms with van der Waals surface area (Å²) in [6.45, 7) is 1.21. The van der Waals surface area contributed by atoms with Gasteiger partial charge in [0, 0.05) is 23.8 Å². The number of nitrogens with one attached hydrogen (secondary N) is 1. The first-order valence-electron chi connectivity index (χ1n) is 10.5. The van der Waals surface area contributed by atoms with Gasteiger partial charge in [0.25, 0.3) is 21.6 Å². The quantitative estimate of drug-likeness (QED) is 0.250. The SMILES string of the molecule is COc1ccc(N(CC(=O)N/N=C\c2cccc([N+](=O)[O-])c2)S(=O)(=O)c2ccc(C)cc2)c(OC)c1. The number of amides is 1. The van der Waals surface area contributed by atoms with Crippen LogP contribution in [0.15, 0.2) is 76.7 Å². The standard InChI is InChI=1S/C24H24N4O7S/c1-17-7-10-21(11-8-17)36(32,33)27(22-12-9-20(34-2)14-23(22)35-3)16-24(29)26-25-15-18-5-4-6-19(13-18)28(30)31/h4-15H,16H2,1-3H3,(H,26,29)/b25-15-. The molecule has 0 bridgehead atoms. The van der Waals surface area contributed by atoms with Crippen LogP contribution in [0.4, 0.5) is 11.4 Å². The van der Waals surface area contributed by atoms with Gasteiger partial charge in [0.15, 0.2) is 0 Å². The van der Waals surface area contributed by atoms with E-state index in [2.05, 4.69) is 10.5 Å². The van der Waals surface area contributed by atoms with Gasteiger partial charge in [-0.25, -0.2) is 13.8 Å². The van der Waals surface area contributed by atoms with Crippen molar-refractivity contribution < 1.29 is 27.6 Å². The molecule has 0 radical (unpaired) electrons. The van der Waals surface area contributed by atoms with Gasteiger partial charge in [0.1, 0.15) is 18.0 Å². The Hall–Kier alpha value is -4.45. The number of nitro benzene ring substituents is 1. The summed E-state index contributed by atoms with van der Waals surface area (Å²) in [6.07, 6.45) is 1.22. The van der Waals surface area contributed by atoms with Crippen molar-refractivity contribution >= 4 is 33.5 Å². The summed E-state index contributed by atoms with van der Waals surface area (Å²) in [5.74, 6) is -0.127. The van der Waals surface area contributed by atoms with Crippen LogP contribution in [0.1, 0.15) is 11.1 Å². The topological polar surface area (TPSA) is 140 Å². The molecule has 11 nitrogen and oxygen atoms in total. The third-order valence-electron chi connectivity index (χ3n) is 5.04. The van der Waals surface area contributed by atoms with Crippen molar-refractivity contribution in [3.05, 3.63) is 88.0 Å². The fraction of sp³-hybridized carbons (Fsp3) is 0.167. The van der Waals surface area contributed by atoms with Crippen LogP contribution in [0.2, 0.25) is 0 Å². The number of carbonyl (C=O) groups excluding carboxylic acids is 1. The summed E-state index contributed by atoms with van der Waals surface area (Å²) >= 11 is 0. The van der Waals surface area contributed by atoms with E-state index in [0.717, 1.165) is 9.87 Å². The van der Waals surface area contributed by atoms with Crippen molar-refractivity contribution in [3.8, 4) is 11.5 Å². The summed E-state index contributed by atoms with van der Waals surface area (Å²) in [7, 11) is -1.35. The van der Waals surface area contributed by atoms with Crippen molar-refractivity contribution in [1.82, 2.24) is 5.43 Å². The normalized spacial score (nSPS) is 11.2. The van der Waals surface area contributed by atoms with Crippen molar-refractivity contribution in [1.29, 1.82) is 0 Å². The molecule has 0 aromatic heterocycles. The van der Waals surface area contributed by atoms with Gasteiger partial charge in [-0.3, -0.25) is 19.2 Å². The summed E-state index contributed by atoms with van der Waals surface area (Å²) in [4.78, 5) is 23.1. The zero-order chi connectivity index (χ0) is 26.3. The first kappa shape index (κ1) is 26.2. The molecule has 0 aliphatic carbocycles. The largest absolute Gasteiger partial charge is 0.497 e. The van der Waals surface area contributed by atoms with E-state index < -0.39 is 27.4 Å². The lowest BCUT2D eigenvalue weighted by Crippen LogP contribution is -2.39. The van der Waals surface area contributed by atoms with E-state index in [9.17, 15) is 23.3 Å². The number of rotatable bonds is 10. The van der Waals surface area contributed by atoms with Crippen LogP contribution >= 0.6 is 0 Å². The molecule has 0 unspecified atom stereocenters. The third-order valence-corrected chi connectivity index (χ3v) is 6.81. The molecule has 0 aliphatic rings. The predicted octanol–water partition coefficient (Wildman–Crippen LogP) is 3.27. The molecule has 36 heavy (non-hydrogen) atoms. The van der Waals surface area contributed by atoms with E-state index in [4.69, 9.17) is 9.47 Å². The van der Waals surface area contributed by atoms with Crippen LogP contribution in [-0.4, -0.2) is 46.2 Å².